The fourth-order valence-electron chi connectivity index (χ4n) is 2.31. The van der Waals surface area contributed by atoms with Crippen molar-refractivity contribution in [3.05, 3.63) is 59.7 Å². The number of carbonyl (C=O) groups is 1. The lowest BCUT2D eigenvalue weighted by Gasteiger charge is -2.27. The maximum Gasteiger partial charge on any atom is 0.131 e. The van der Waals surface area contributed by atoms with Crippen LogP contribution in [0, 0.1) is 0 Å². The lowest BCUT2D eigenvalue weighted by Crippen LogP contribution is -2.12. The Morgan fingerprint density at radius 3 is 2.11 bits per heavy atom. The first-order chi connectivity index (χ1) is 9.11. The quantitative estimate of drug-likeness (QED) is 0.794. The van der Waals surface area contributed by atoms with Gasteiger partial charge >= 0.3 is 0 Å². The molecule has 0 amide bonds. The number of hydrogen-bond donors (Lipinski definition) is 0. The minimum atomic E-state index is -1.06. The number of carbonyl (C=O) groups excluding carboxylic acids is 1. The number of rotatable bonds is 2. The van der Waals surface area contributed by atoms with Crippen molar-refractivity contribution < 1.29 is 10.9 Å². The van der Waals surface area contributed by atoms with Gasteiger partial charge in [-0.3, -0.25) is 4.79 Å². The molecule has 2 aromatic rings. The third kappa shape index (κ3) is 1.80. The molecule has 2 nitrogen and oxygen atoms in total. The van der Waals surface area contributed by atoms with Crippen LogP contribution in [0.2, 0.25) is 0 Å². The van der Waals surface area contributed by atoms with E-state index in [0.29, 0.717) is 11.5 Å². The zero-order chi connectivity index (χ0) is 13.5. The molecule has 3 rings (SSSR count). The van der Waals surface area contributed by atoms with Gasteiger partial charge in [-0.1, -0.05) is 36.4 Å². The standard InChI is InChI=1S/C16H14O2/c1-11(17)10-14-12-6-2-4-8-15(12)18-16-9-5-3-7-13(14)16/h2-9,14H,10H2,1H3/i14D. The molecule has 0 fully saturated rings. The number of hydrogen-bond acceptors (Lipinski definition) is 2. The van der Waals surface area contributed by atoms with Crippen LogP contribution in [0.1, 0.15) is 31.7 Å². The zero-order valence-corrected chi connectivity index (χ0v) is 10.1. The van der Waals surface area contributed by atoms with Gasteiger partial charge in [0.2, 0.25) is 0 Å². The first-order valence-corrected chi connectivity index (χ1v) is 5.97. The van der Waals surface area contributed by atoms with Crippen LogP contribution >= 0.6 is 0 Å². The zero-order valence-electron chi connectivity index (χ0n) is 11.1. The Bertz CT molecular complexity index is 603. The van der Waals surface area contributed by atoms with E-state index in [1.54, 1.807) is 0 Å². The monoisotopic (exact) mass is 239 g/mol. The van der Waals surface area contributed by atoms with Crippen LogP contribution in [0.4, 0.5) is 0 Å². The van der Waals surface area contributed by atoms with Crippen LogP contribution in [-0.2, 0) is 4.79 Å². The Hall–Kier alpha value is -2.09. The van der Waals surface area contributed by atoms with E-state index < -0.39 is 5.89 Å². The summed E-state index contributed by atoms with van der Waals surface area (Å²) in [5.41, 5.74) is 1.51. The van der Waals surface area contributed by atoms with E-state index in [0.717, 1.165) is 11.1 Å². The molecule has 2 heteroatoms. The number of benzene rings is 2. The third-order valence-electron chi connectivity index (χ3n) is 3.07. The summed E-state index contributed by atoms with van der Waals surface area (Å²) in [4.78, 5) is 11.6. The molecule has 0 bridgehead atoms. The van der Waals surface area contributed by atoms with E-state index in [1.165, 1.54) is 6.92 Å². The number of ether oxygens (including phenoxy) is 1. The van der Waals surface area contributed by atoms with Crippen molar-refractivity contribution in [3.63, 3.8) is 0 Å². The highest BCUT2D eigenvalue weighted by Crippen LogP contribution is 2.45. The molecular formula is C16H14O2. The molecule has 1 heterocycles. The molecule has 0 N–H and O–H groups in total. The van der Waals surface area contributed by atoms with Gasteiger partial charge in [-0.15, -0.1) is 0 Å². The summed E-state index contributed by atoms with van der Waals surface area (Å²) in [6.45, 7) is 1.52. The van der Waals surface area contributed by atoms with Crippen LogP contribution in [0.5, 0.6) is 11.5 Å². The number of Topliss-reactive ketones (excluding diaryl/α,β-unsaturated/α-hetero) is 1. The highest BCUT2D eigenvalue weighted by Gasteiger charge is 2.27. The van der Waals surface area contributed by atoms with Gasteiger partial charge in [0.05, 0.1) is 0 Å². The van der Waals surface area contributed by atoms with Crippen molar-refractivity contribution in [2.75, 3.05) is 0 Å². The maximum atomic E-state index is 11.6. The minimum absolute atomic E-state index is 0.00139. The Morgan fingerprint density at radius 1 is 1.11 bits per heavy atom. The summed E-state index contributed by atoms with van der Waals surface area (Å²) >= 11 is 0. The molecule has 1 aliphatic rings. The van der Waals surface area contributed by atoms with Gasteiger partial charge in [-0.2, -0.15) is 0 Å². The van der Waals surface area contributed by atoms with Crippen LogP contribution < -0.4 is 4.74 Å². The topological polar surface area (TPSA) is 26.3 Å². The fourth-order valence-corrected chi connectivity index (χ4v) is 2.31. The average Bonchev–Trinajstić information content (AvgIpc) is 2.38. The summed E-state index contributed by atoms with van der Waals surface area (Å²) in [6.07, 6.45) is 0.157. The van der Waals surface area contributed by atoms with E-state index in [2.05, 4.69) is 0 Å². The summed E-state index contributed by atoms with van der Waals surface area (Å²) in [5.74, 6) is 0.272. The first-order valence-electron chi connectivity index (χ1n) is 6.47. The lowest BCUT2D eigenvalue weighted by atomic mass is 9.84. The molecule has 0 spiro atoms. The minimum Gasteiger partial charge on any atom is -0.457 e. The van der Waals surface area contributed by atoms with Crippen LogP contribution in [-0.4, -0.2) is 5.78 Å². The van der Waals surface area contributed by atoms with Gasteiger partial charge in [0.1, 0.15) is 17.3 Å². The van der Waals surface area contributed by atoms with E-state index >= 15 is 0 Å². The molecule has 1 aliphatic heterocycles. The van der Waals surface area contributed by atoms with Gasteiger partial charge < -0.3 is 4.74 Å². The Morgan fingerprint density at radius 2 is 1.61 bits per heavy atom. The smallest absolute Gasteiger partial charge is 0.131 e. The number of fused-ring (bicyclic) bond motifs is 2. The van der Waals surface area contributed by atoms with E-state index in [9.17, 15) is 4.79 Å². The van der Waals surface area contributed by atoms with E-state index in [4.69, 9.17) is 6.11 Å². The van der Waals surface area contributed by atoms with Gasteiger partial charge in [0.25, 0.3) is 0 Å². The number of para-hydroxylation sites is 2. The molecule has 0 aromatic heterocycles. The fraction of sp³-hybridized carbons (Fsp3) is 0.188. The SMILES string of the molecule is [2H]C1(CC(C)=O)c2ccccc2Oc2ccccc21. The molecule has 0 saturated carbocycles. The van der Waals surface area contributed by atoms with Crippen molar-refractivity contribution in [3.8, 4) is 11.5 Å². The third-order valence-corrected chi connectivity index (χ3v) is 3.07. The second-order valence-corrected chi connectivity index (χ2v) is 4.45. The van der Waals surface area contributed by atoms with Crippen molar-refractivity contribution >= 4 is 5.78 Å². The maximum absolute atomic E-state index is 11.6. The second-order valence-electron chi connectivity index (χ2n) is 4.45. The Labute approximate surface area is 108 Å². The molecule has 0 atom stereocenters. The molecular weight excluding hydrogens is 224 g/mol. The first kappa shape index (κ1) is 9.89. The van der Waals surface area contributed by atoms with Gasteiger partial charge in [0.15, 0.2) is 0 Å². The molecule has 18 heavy (non-hydrogen) atoms. The summed E-state index contributed by atoms with van der Waals surface area (Å²) < 4.78 is 14.6. The molecule has 90 valence electrons. The average molecular weight is 239 g/mol. The molecule has 0 aliphatic carbocycles. The Kier molecular flexibility index (Phi) is 2.36. The van der Waals surface area contributed by atoms with E-state index in [-0.39, 0.29) is 12.2 Å². The van der Waals surface area contributed by atoms with Crippen molar-refractivity contribution in [2.24, 2.45) is 0 Å². The molecule has 0 unspecified atom stereocenters. The van der Waals surface area contributed by atoms with Gasteiger partial charge in [-0.05, 0) is 19.1 Å². The number of ketones is 1. The molecule has 2 aromatic carbocycles. The predicted molar refractivity (Wildman–Crippen MR) is 70.1 cm³/mol. The van der Waals surface area contributed by atoms with E-state index in [1.807, 2.05) is 48.5 Å². The molecule has 0 saturated heterocycles. The van der Waals surface area contributed by atoms with Crippen LogP contribution in [0.3, 0.4) is 0 Å². The largest absolute Gasteiger partial charge is 0.457 e. The lowest BCUT2D eigenvalue weighted by molar-refractivity contribution is -0.117. The Balaban J connectivity index is 2.25. The predicted octanol–water partition coefficient (Wildman–Crippen LogP) is 3.90. The highest BCUT2D eigenvalue weighted by molar-refractivity contribution is 5.78. The molecule has 0 radical (unpaired) electrons. The van der Waals surface area contributed by atoms with Crippen LogP contribution in [0.15, 0.2) is 48.5 Å². The summed E-state index contributed by atoms with van der Waals surface area (Å²) in [6, 6.07) is 14.9. The summed E-state index contributed by atoms with van der Waals surface area (Å²) in [5, 5.41) is 0. The van der Waals surface area contributed by atoms with Crippen molar-refractivity contribution in [2.45, 2.75) is 19.2 Å². The summed E-state index contributed by atoms with van der Waals surface area (Å²) in [7, 11) is 0. The van der Waals surface area contributed by atoms with Gasteiger partial charge in [0, 0.05) is 24.8 Å². The van der Waals surface area contributed by atoms with Crippen LogP contribution in [0.25, 0.3) is 0 Å². The normalized spacial score (nSPS) is 15.9. The highest BCUT2D eigenvalue weighted by atomic mass is 16.5. The van der Waals surface area contributed by atoms with Crippen molar-refractivity contribution in [1.82, 2.24) is 0 Å². The second kappa shape index (κ2) is 4.30. The van der Waals surface area contributed by atoms with Gasteiger partial charge in [-0.25, -0.2) is 0 Å². The van der Waals surface area contributed by atoms with Crippen molar-refractivity contribution in [1.29, 1.82) is 0 Å².